The summed E-state index contributed by atoms with van der Waals surface area (Å²) >= 11 is 7.46. The number of hydrazine groups is 1. The molecular weight excluding hydrogens is 484 g/mol. The zero-order chi connectivity index (χ0) is 24.5. The van der Waals surface area contributed by atoms with Crippen molar-refractivity contribution in [3.05, 3.63) is 69.2 Å². The van der Waals surface area contributed by atoms with E-state index in [9.17, 15) is 19.7 Å². The molecule has 0 aliphatic carbocycles. The molecule has 34 heavy (non-hydrogen) atoms. The Hall–Kier alpha value is -3.48. The molecule has 0 aliphatic rings. The first-order chi connectivity index (χ1) is 16.4. The number of methoxy groups -OCH3 is 1. The highest BCUT2D eigenvalue weighted by atomic mass is 35.5. The number of nitrogens with zero attached hydrogens (tertiary/aromatic N) is 4. The van der Waals surface area contributed by atoms with Gasteiger partial charge < -0.3 is 9.30 Å². The van der Waals surface area contributed by atoms with Gasteiger partial charge in [-0.2, -0.15) is 0 Å². The minimum atomic E-state index is -0.675. The van der Waals surface area contributed by atoms with Crippen LogP contribution in [0.2, 0.25) is 5.02 Å². The lowest BCUT2D eigenvalue weighted by Gasteiger charge is -2.11. The predicted molar refractivity (Wildman–Crippen MR) is 126 cm³/mol. The topological polar surface area (TPSA) is 141 Å². The van der Waals surface area contributed by atoms with Crippen molar-refractivity contribution < 1.29 is 19.2 Å². The fourth-order valence-electron chi connectivity index (χ4n) is 2.93. The Morgan fingerprint density at radius 1 is 1.18 bits per heavy atom. The lowest BCUT2D eigenvalue weighted by molar-refractivity contribution is -0.384. The third-order valence-corrected chi connectivity index (χ3v) is 5.83. The lowest BCUT2D eigenvalue weighted by atomic mass is 10.2. The molecule has 3 aromatic rings. The van der Waals surface area contributed by atoms with Crippen molar-refractivity contribution in [1.29, 1.82) is 0 Å². The molecule has 2 aromatic carbocycles. The molecule has 0 aliphatic heterocycles. The van der Waals surface area contributed by atoms with Crippen molar-refractivity contribution >= 4 is 40.9 Å². The van der Waals surface area contributed by atoms with Gasteiger partial charge in [0.15, 0.2) is 11.0 Å². The maximum atomic E-state index is 12.3. The quantitative estimate of drug-likeness (QED) is 0.186. The van der Waals surface area contributed by atoms with Crippen molar-refractivity contribution in [2.75, 3.05) is 19.5 Å². The summed E-state index contributed by atoms with van der Waals surface area (Å²) in [5, 5.41) is 20.3. The van der Waals surface area contributed by atoms with Crippen LogP contribution in [0.4, 0.5) is 5.69 Å². The highest BCUT2D eigenvalue weighted by molar-refractivity contribution is 7.99. The van der Waals surface area contributed by atoms with E-state index in [1.54, 1.807) is 13.2 Å². The smallest absolute Gasteiger partial charge is 0.270 e. The Bertz CT molecular complexity index is 1190. The molecular formula is C21H21ClN6O5S. The van der Waals surface area contributed by atoms with E-state index in [0.29, 0.717) is 35.6 Å². The van der Waals surface area contributed by atoms with Gasteiger partial charge in [0.05, 0.1) is 15.7 Å². The van der Waals surface area contributed by atoms with Crippen LogP contribution >= 0.6 is 23.4 Å². The average molecular weight is 505 g/mol. The second-order valence-electron chi connectivity index (χ2n) is 6.88. The number of rotatable bonds is 10. The lowest BCUT2D eigenvalue weighted by Crippen LogP contribution is -2.42. The van der Waals surface area contributed by atoms with E-state index in [0.717, 1.165) is 23.4 Å². The zero-order valence-corrected chi connectivity index (χ0v) is 19.6. The van der Waals surface area contributed by atoms with Crippen molar-refractivity contribution in [3.8, 4) is 11.4 Å². The molecule has 0 radical (unpaired) electrons. The van der Waals surface area contributed by atoms with E-state index in [-0.39, 0.29) is 17.0 Å². The number of non-ortho nitro benzene ring substituents is 1. The van der Waals surface area contributed by atoms with Crippen molar-refractivity contribution in [2.45, 2.75) is 18.1 Å². The number of nitro groups is 1. The Kier molecular flexibility index (Phi) is 8.96. The molecule has 0 spiro atoms. The van der Waals surface area contributed by atoms with Gasteiger partial charge in [0.1, 0.15) is 0 Å². The molecule has 0 fully saturated rings. The number of ether oxygens (including phenoxy) is 1. The molecule has 1 aromatic heterocycles. The second-order valence-corrected chi connectivity index (χ2v) is 8.23. The van der Waals surface area contributed by atoms with Crippen LogP contribution < -0.4 is 10.9 Å². The Morgan fingerprint density at radius 3 is 2.71 bits per heavy atom. The normalized spacial score (nSPS) is 10.6. The minimum absolute atomic E-state index is 0.0458. The largest absolute Gasteiger partial charge is 0.385 e. The summed E-state index contributed by atoms with van der Waals surface area (Å²) in [7, 11) is 1.61. The third-order valence-electron chi connectivity index (χ3n) is 4.53. The first kappa shape index (κ1) is 25.1. The molecule has 2 N–H and O–H groups in total. The van der Waals surface area contributed by atoms with Gasteiger partial charge in [-0.3, -0.25) is 30.6 Å². The molecule has 11 nitrogen and oxygen atoms in total. The van der Waals surface area contributed by atoms with Gasteiger partial charge in [-0.1, -0.05) is 41.6 Å². The number of thioether (sulfide) groups is 1. The molecule has 178 valence electrons. The summed E-state index contributed by atoms with van der Waals surface area (Å²) in [6, 6.07) is 12.4. The van der Waals surface area contributed by atoms with Gasteiger partial charge in [0.25, 0.3) is 11.6 Å². The van der Waals surface area contributed by atoms with Gasteiger partial charge in [-0.15, -0.1) is 10.2 Å². The highest BCUT2D eigenvalue weighted by Crippen LogP contribution is 2.29. The van der Waals surface area contributed by atoms with Gasteiger partial charge in [0, 0.05) is 43.5 Å². The fraction of sp³-hybridized carbons (Fsp3) is 0.238. The number of carbonyl (C=O) groups excluding carboxylic acids is 2. The van der Waals surface area contributed by atoms with Crippen LogP contribution in [0, 0.1) is 10.1 Å². The monoisotopic (exact) mass is 504 g/mol. The predicted octanol–water partition coefficient (Wildman–Crippen LogP) is 3.10. The number of amides is 2. The second kappa shape index (κ2) is 12.1. The number of benzene rings is 2. The number of nitrogens with one attached hydrogen (secondary N) is 2. The summed E-state index contributed by atoms with van der Waals surface area (Å²) in [4.78, 5) is 34.7. The van der Waals surface area contributed by atoms with Crippen LogP contribution in [0.15, 0.2) is 53.7 Å². The molecule has 0 saturated carbocycles. The Morgan fingerprint density at radius 2 is 1.97 bits per heavy atom. The summed E-state index contributed by atoms with van der Waals surface area (Å²) in [5.41, 5.74) is 5.07. The number of hydrogen-bond acceptors (Lipinski definition) is 8. The molecule has 0 bridgehead atoms. The summed E-state index contributed by atoms with van der Waals surface area (Å²) < 4.78 is 6.99. The number of carbonyl (C=O) groups is 2. The Balaban J connectivity index is 1.63. The molecule has 0 unspecified atom stereocenters. The van der Waals surface area contributed by atoms with E-state index in [2.05, 4.69) is 21.0 Å². The van der Waals surface area contributed by atoms with Crippen LogP contribution in [0.5, 0.6) is 0 Å². The van der Waals surface area contributed by atoms with E-state index < -0.39 is 16.7 Å². The minimum Gasteiger partial charge on any atom is -0.385 e. The molecule has 3 rings (SSSR count). The average Bonchev–Trinajstić information content (AvgIpc) is 3.24. The SMILES string of the molecule is COCCCn1c(SCC(=O)NNC(=O)c2cccc([N+](=O)[O-])c2)nnc1-c1ccccc1Cl. The first-order valence-corrected chi connectivity index (χ1v) is 11.4. The standard InChI is InChI=1S/C21H21ClN6O5S/c1-33-11-5-10-27-19(16-8-2-3-9-17(16)22)24-26-21(27)34-13-18(29)23-25-20(30)14-6-4-7-15(12-14)28(31)32/h2-4,6-9,12H,5,10-11,13H2,1H3,(H,23,29)(H,25,30). The van der Waals surface area contributed by atoms with E-state index in [1.165, 1.54) is 18.2 Å². The number of aromatic nitrogens is 3. The van der Waals surface area contributed by atoms with Gasteiger partial charge >= 0.3 is 0 Å². The molecule has 2 amide bonds. The first-order valence-electron chi connectivity index (χ1n) is 10.0. The molecule has 0 atom stereocenters. The Labute approximate surface area is 204 Å². The van der Waals surface area contributed by atoms with Crippen LogP contribution in [0.1, 0.15) is 16.8 Å². The summed E-state index contributed by atoms with van der Waals surface area (Å²) in [6.45, 7) is 1.09. The number of nitro benzene ring substituents is 1. The van der Waals surface area contributed by atoms with E-state index in [1.807, 2.05) is 22.8 Å². The molecule has 0 saturated heterocycles. The van der Waals surface area contributed by atoms with E-state index >= 15 is 0 Å². The zero-order valence-electron chi connectivity index (χ0n) is 18.1. The van der Waals surface area contributed by atoms with Crippen LogP contribution in [0.25, 0.3) is 11.4 Å². The maximum Gasteiger partial charge on any atom is 0.270 e. The summed E-state index contributed by atoms with van der Waals surface area (Å²) in [6.07, 6.45) is 0.699. The van der Waals surface area contributed by atoms with Gasteiger partial charge in [-0.25, -0.2) is 0 Å². The summed E-state index contributed by atoms with van der Waals surface area (Å²) in [5.74, 6) is -0.649. The fourth-order valence-corrected chi connectivity index (χ4v) is 3.92. The van der Waals surface area contributed by atoms with Gasteiger partial charge in [0.2, 0.25) is 5.91 Å². The number of halogens is 1. The van der Waals surface area contributed by atoms with Gasteiger partial charge in [-0.05, 0) is 24.6 Å². The van der Waals surface area contributed by atoms with Crippen LogP contribution in [-0.2, 0) is 16.1 Å². The number of hydrogen-bond donors (Lipinski definition) is 2. The third kappa shape index (κ3) is 6.53. The van der Waals surface area contributed by atoms with Crippen molar-refractivity contribution in [2.24, 2.45) is 0 Å². The van der Waals surface area contributed by atoms with Crippen molar-refractivity contribution in [3.63, 3.8) is 0 Å². The maximum absolute atomic E-state index is 12.3. The van der Waals surface area contributed by atoms with Crippen molar-refractivity contribution in [1.82, 2.24) is 25.6 Å². The molecule has 13 heteroatoms. The van der Waals surface area contributed by atoms with Crippen LogP contribution in [0.3, 0.4) is 0 Å². The van der Waals surface area contributed by atoms with Crippen LogP contribution in [-0.4, -0.2) is 51.0 Å². The molecule has 1 heterocycles. The van der Waals surface area contributed by atoms with E-state index in [4.69, 9.17) is 16.3 Å². The highest BCUT2D eigenvalue weighted by Gasteiger charge is 2.18.